The molecule has 0 spiro atoms. The van der Waals surface area contributed by atoms with Gasteiger partial charge in [-0.1, -0.05) is 31.7 Å². The first kappa shape index (κ1) is 50.9. The Labute approximate surface area is 404 Å². The van der Waals surface area contributed by atoms with Gasteiger partial charge in [0, 0.05) is 33.9 Å². The Morgan fingerprint density at radius 3 is 1.07 bits per heavy atom. The number of halogens is 2. The fourth-order valence-corrected chi connectivity index (χ4v) is 6.84. The number of anilines is 8. The van der Waals surface area contributed by atoms with Crippen LogP contribution >= 0.6 is 23.2 Å². The zero-order chi connectivity index (χ0) is 41.8. The van der Waals surface area contributed by atoms with Crippen LogP contribution in [-0.2, 0) is 20.2 Å². The molecule has 0 atom stereocenters. The number of hydrogen-bond donors (Lipinski definition) is 4. The summed E-state index contributed by atoms with van der Waals surface area (Å²) in [7, 11) is -10.3. The summed E-state index contributed by atoms with van der Waals surface area (Å²) in [5.74, 6) is -0.456. The molecule has 0 saturated heterocycles. The molecule has 0 amide bonds. The van der Waals surface area contributed by atoms with Crippen molar-refractivity contribution in [2.24, 2.45) is 0 Å². The van der Waals surface area contributed by atoms with Gasteiger partial charge in [0.1, 0.15) is 20.2 Å². The molecule has 4 N–H and O–H groups in total. The van der Waals surface area contributed by atoms with Crippen molar-refractivity contribution in [1.29, 1.82) is 0 Å². The van der Waals surface area contributed by atoms with Gasteiger partial charge in [0.15, 0.2) is 11.6 Å². The number of nitrogens with one attached hydrogen (secondary N) is 4. The SMILES string of the molecule is C.CC(=O)c1ccc(Nc2nc(Cl)nc(Nc3ccc(/C=C/c4ccc(Nc5nc(Cl)nc(Nc6ccc(C(C)=O)cc6)n5)cc4S(=O)(=O)[O-])c(S(=O)(=O)[O-])c3)n2)cc1.[Na+].[Na+]. The van der Waals surface area contributed by atoms with Gasteiger partial charge in [-0.3, -0.25) is 9.59 Å². The summed E-state index contributed by atoms with van der Waals surface area (Å²) in [6, 6.07) is 20.2. The minimum absolute atomic E-state index is 0. The summed E-state index contributed by atoms with van der Waals surface area (Å²) >= 11 is 12.2. The van der Waals surface area contributed by atoms with Crippen LogP contribution in [0.3, 0.4) is 0 Å². The van der Waals surface area contributed by atoms with Crippen molar-refractivity contribution < 1.29 is 94.6 Å². The van der Waals surface area contributed by atoms with Gasteiger partial charge in [-0.25, -0.2) is 16.8 Å². The normalized spacial score (nSPS) is 11.0. The summed E-state index contributed by atoms with van der Waals surface area (Å²) in [5, 5.41) is 10.9. The van der Waals surface area contributed by atoms with Gasteiger partial charge < -0.3 is 30.4 Å². The monoisotopic (exact) mass is 922 g/mol. The van der Waals surface area contributed by atoms with Crippen molar-refractivity contribution in [3.05, 3.63) is 118 Å². The molecule has 0 fully saturated rings. The molecule has 24 heteroatoms. The molecule has 4 aromatic carbocycles. The topological polar surface area (TPSA) is 274 Å². The van der Waals surface area contributed by atoms with Gasteiger partial charge in [0.05, 0.1) is 9.79 Å². The average Bonchev–Trinajstić information content (AvgIpc) is 3.14. The maximum atomic E-state index is 12.4. The Hall–Kier alpha value is -4.42. The molecule has 0 saturated carbocycles. The van der Waals surface area contributed by atoms with Gasteiger partial charge in [0.25, 0.3) is 0 Å². The maximum Gasteiger partial charge on any atom is 1.00 e. The van der Waals surface area contributed by atoms with Crippen molar-refractivity contribution >= 4 is 114 Å². The first-order valence-corrected chi connectivity index (χ1v) is 20.0. The fourth-order valence-electron chi connectivity index (χ4n) is 5.13. The average molecular weight is 924 g/mol. The molecule has 6 aromatic rings. The maximum absolute atomic E-state index is 12.4. The number of carbonyl (C=O) groups excluding carboxylic acids is 2. The molecule has 0 aliphatic heterocycles. The number of nitrogens with zero attached hydrogens (tertiary/aromatic N) is 6. The Kier molecular flexibility index (Phi) is 18.0. The molecule has 0 unspecified atom stereocenters. The molecule has 0 aliphatic carbocycles. The number of hydrogen-bond acceptors (Lipinski definition) is 18. The van der Waals surface area contributed by atoms with Crippen LogP contribution in [0.5, 0.6) is 0 Å². The number of ketones is 2. The number of benzene rings is 4. The third kappa shape index (κ3) is 14.0. The minimum atomic E-state index is -5.13. The van der Waals surface area contributed by atoms with Crippen molar-refractivity contribution in [1.82, 2.24) is 29.9 Å². The predicted octanol–water partition coefficient (Wildman–Crippen LogP) is 1.37. The van der Waals surface area contributed by atoms with Gasteiger partial charge in [-0.15, -0.1) is 0 Å². The number of carbonyl (C=O) groups is 2. The molecule has 2 heterocycles. The second-order valence-corrected chi connectivity index (χ2v) is 15.4. The van der Waals surface area contributed by atoms with Crippen LogP contribution in [0.15, 0.2) is 94.7 Å². The van der Waals surface area contributed by atoms with E-state index in [0.717, 1.165) is 24.3 Å². The zero-order valence-corrected chi connectivity index (χ0v) is 38.9. The quantitative estimate of drug-likeness (QED) is 0.0520. The zero-order valence-electron chi connectivity index (χ0n) is 31.8. The van der Waals surface area contributed by atoms with Crippen LogP contribution in [0.2, 0.25) is 10.6 Å². The molecule has 61 heavy (non-hydrogen) atoms. The molecule has 18 nitrogen and oxygen atoms in total. The third-order valence-corrected chi connectivity index (χ3v) is 9.95. The largest absolute Gasteiger partial charge is 1.00 e. The molecule has 2 aromatic heterocycles. The smallest absolute Gasteiger partial charge is 0.744 e. The Morgan fingerprint density at radius 1 is 0.508 bits per heavy atom. The summed E-state index contributed by atoms with van der Waals surface area (Å²) < 4.78 is 74.2. The fraction of sp³-hybridized carbons (Fsp3) is 0.0811. The van der Waals surface area contributed by atoms with E-state index in [4.69, 9.17) is 23.2 Å². The second-order valence-electron chi connectivity index (χ2n) is 12.0. The Bertz CT molecular complexity index is 2650. The standard InChI is InChI=1S/C36H28Cl2N10O8S2.CH4.2Na/c1-19(49)21-5-11-25(12-6-21)39-33-43-31(37)45-35(47-33)41-27-15-9-23(29(17-27)57(51,52)53)3-4-24-10-16-28(18-30(24)58(54,55)56)42-36-46-32(38)44-34(48-36)40-26-13-7-22(8-14-26)20(2)50;;;/h3-18H,1-2H3,(H,51,52,53)(H,54,55,56)(H2,39,41,43,45,47)(H2,40,42,44,46,48);1H4;;/q;;2*+1/p-2/b4-3+;;;. The van der Waals surface area contributed by atoms with Gasteiger partial charge in [-0.05, 0) is 121 Å². The van der Waals surface area contributed by atoms with E-state index in [1.54, 1.807) is 48.5 Å². The van der Waals surface area contributed by atoms with E-state index >= 15 is 0 Å². The van der Waals surface area contributed by atoms with Crippen LogP contribution in [-0.4, -0.2) is 67.4 Å². The molecular formula is C37H30Cl2N10Na2O8S2. The second kappa shape index (κ2) is 21.6. The summed E-state index contributed by atoms with van der Waals surface area (Å²) in [5.41, 5.74) is 1.88. The summed E-state index contributed by atoms with van der Waals surface area (Å²) in [4.78, 5) is 46.2. The van der Waals surface area contributed by atoms with E-state index in [0.29, 0.717) is 22.5 Å². The van der Waals surface area contributed by atoms with Crippen LogP contribution in [0.4, 0.5) is 46.5 Å². The van der Waals surface area contributed by atoms with Crippen molar-refractivity contribution in [3.63, 3.8) is 0 Å². The van der Waals surface area contributed by atoms with Gasteiger partial charge >= 0.3 is 59.1 Å². The van der Waals surface area contributed by atoms with Crippen molar-refractivity contribution in [2.45, 2.75) is 31.1 Å². The number of rotatable bonds is 14. The molecule has 6 rings (SSSR count). The number of aromatic nitrogens is 6. The van der Waals surface area contributed by atoms with Crippen LogP contribution in [0, 0.1) is 0 Å². The van der Waals surface area contributed by atoms with E-state index in [2.05, 4.69) is 51.2 Å². The van der Waals surface area contributed by atoms with E-state index in [1.807, 2.05) is 0 Å². The van der Waals surface area contributed by atoms with Crippen molar-refractivity contribution in [3.8, 4) is 0 Å². The molecule has 0 bridgehead atoms. The molecule has 0 radical (unpaired) electrons. The minimum Gasteiger partial charge on any atom is -0.744 e. The van der Waals surface area contributed by atoms with Crippen LogP contribution in [0.1, 0.15) is 53.1 Å². The third-order valence-electron chi connectivity index (χ3n) is 7.83. The van der Waals surface area contributed by atoms with Gasteiger partial charge in [0.2, 0.25) is 34.4 Å². The summed E-state index contributed by atoms with van der Waals surface area (Å²) in [6.07, 6.45) is 2.30. The predicted molar refractivity (Wildman–Crippen MR) is 220 cm³/mol. The molecule has 0 aliphatic rings. The first-order valence-electron chi connectivity index (χ1n) is 16.4. The van der Waals surface area contributed by atoms with E-state index in [-0.39, 0.29) is 135 Å². The van der Waals surface area contributed by atoms with Crippen molar-refractivity contribution in [2.75, 3.05) is 21.3 Å². The van der Waals surface area contributed by atoms with Crippen LogP contribution in [0.25, 0.3) is 12.2 Å². The molecular weight excluding hydrogens is 893 g/mol. The Balaban J connectivity index is 0.00000331. The summed E-state index contributed by atoms with van der Waals surface area (Å²) in [6.45, 7) is 2.86. The van der Waals surface area contributed by atoms with E-state index in [9.17, 15) is 35.5 Å². The van der Waals surface area contributed by atoms with E-state index in [1.165, 1.54) is 38.1 Å². The van der Waals surface area contributed by atoms with Crippen LogP contribution < -0.4 is 80.4 Å². The molecule has 304 valence electrons. The first-order chi connectivity index (χ1) is 27.4. The van der Waals surface area contributed by atoms with Gasteiger partial charge in [-0.2, -0.15) is 29.9 Å². The van der Waals surface area contributed by atoms with E-state index < -0.39 is 30.0 Å². The Morgan fingerprint density at radius 2 is 0.787 bits per heavy atom. The number of Topliss-reactive ketones (excluding diaryl/α,β-unsaturated/α-hetero) is 2.